The van der Waals surface area contributed by atoms with Crippen molar-refractivity contribution in [2.75, 3.05) is 24.0 Å². The van der Waals surface area contributed by atoms with Crippen molar-refractivity contribution in [3.8, 4) is 5.75 Å². The number of hydrogen-bond donors (Lipinski definition) is 1. The van der Waals surface area contributed by atoms with Crippen LogP contribution in [0.25, 0.3) is 0 Å². The second kappa shape index (κ2) is 14.5. The smallest absolute Gasteiger partial charge is 0.264 e. The molecule has 2 amide bonds. The number of nitrogens with zero attached hydrogens (tertiary/aromatic N) is 2. The van der Waals surface area contributed by atoms with Gasteiger partial charge < -0.3 is 15.0 Å². The summed E-state index contributed by atoms with van der Waals surface area (Å²) in [6.07, 6.45) is 0.888. The van der Waals surface area contributed by atoms with Crippen molar-refractivity contribution in [1.82, 2.24) is 10.2 Å². The molecule has 0 saturated carbocycles. The van der Waals surface area contributed by atoms with Crippen LogP contribution in [0.1, 0.15) is 39.7 Å². The van der Waals surface area contributed by atoms with E-state index in [1.54, 1.807) is 42.5 Å². The van der Waals surface area contributed by atoms with Crippen molar-refractivity contribution in [3.63, 3.8) is 0 Å². The Hall–Kier alpha value is -3.85. The molecule has 3 rings (SSSR count). The normalized spacial score (nSPS) is 12.0. The van der Waals surface area contributed by atoms with Gasteiger partial charge >= 0.3 is 0 Å². The molecule has 0 saturated heterocycles. The van der Waals surface area contributed by atoms with Gasteiger partial charge in [-0.05, 0) is 63.4 Å². The van der Waals surface area contributed by atoms with Gasteiger partial charge in [0.25, 0.3) is 10.0 Å². The standard InChI is InChI=1S/C31H39N3O5S/c1-5-27(31(36)32-24(3)4)33(22-21-25-15-9-7-10-16-25)30(35)23-34(28-19-13-14-20-29(28)39-6-2)40(37,38)26-17-11-8-12-18-26/h7-20,24,27H,5-6,21-23H2,1-4H3,(H,32,36). The average Bonchev–Trinajstić information content (AvgIpc) is 2.95. The number of rotatable bonds is 14. The summed E-state index contributed by atoms with van der Waals surface area (Å²) in [5, 5.41) is 2.91. The van der Waals surface area contributed by atoms with Gasteiger partial charge in [-0.15, -0.1) is 0 Å². The summed E-state index contributed by atoms with van der Waals surface area (Å²) in [6.45, 7) is 7.44. The lowest BCUT2D eigenvalue weighted by atomic mass is 10.1. The summed E-state index contributed by atoms with van der Waals surface area (Å²) in [4.78, 5) is 28.8. The first-order valence-corrected chi connectivity index (χ1v) is 15.1. The van der Waals surface area contributed by atoms with E-state index in [-0.39, 0.29) is 29.1 Å². The summed E-state index contributed by atoms with van der Waals surface area (Å²) in [7, 11) is -4.16. The molecule has 0 radical (unpaired) electrons. The zero-order valence-corrected chi connectivity index (χ0v) is 24.4. The van der Waals surface area contributed by atoms with E-state index in [0.29, 0.717) is 25.2 Å². The first-order valence-electron chi connectivity index (χ1n) is 13.6. The third-order valence-electron chi connectivity index (χ3n) is 6.34. The van der Waals surface area contributed by atoms with Crippen LogP contribution in [0.5, 0.6) is 5.75 Å². The van der Waals surface area contributed by atoms with Crippen molar-refractivity contribution in [2.24, 2.45) is 0 Å². The Balaban J connectivity index is 2.05. The van der Waals surface area contributed by atoms with Gasteiger partial charge in [0.1, 0.15) is 18.3 Å². The Labute approximate surface area is 238 Å². The molecule has 9 heteroatoms. The predicted molar refractivity (Wildman–Crippen MR) is 158 cm³/mol. The fourth-order valence-electron chi connectivity index (χ4n) is 4.45. The Morgan fingerprint density at radius 2 is 1.48 bits per heavy atom. The van der Waals surface area contributed by atoms with Crippen molar-refractivity contribution in [3.05, 3.63) is 90.5 Å². The van der Waals surface area contributed by atoms with Crippen LogP contribution in [0.15, 0.2) is 89.8 Å². The zero-order chi connectivity index (χ0) is 29.1. The monoisotopic (exact) mass is 565 g/mol. The lowest BCUT2D eigenvalue weighted by Gasteiger charge is -2.34. The van der Waals surface area contributed by atoms with Crippen molar-refractivity contribution in [1.29, 1.82) is 0 Å². The molecule has 0 aliphatic carbocycles. The molecule has 0 aliphatic heterocycles. The number of carbonyl (C=O) groups is 2. The number of amides is 2. The summed E-state index contributed by atoms with van der Waals surface area (Å²) >= 11 is 0. The molecule has 8 nitrogen and oxygen atoms in total. The van der Waals surface area contributed by atoms with Crippen LogP contribution in [-0.2, 0) is 26.0 Å². The van der Waals surface area contributed by atoms with E-state index in [2.05, 4.69) is 5.32 Å². The molecule has 0 spiro atoms. The van der Waals surface area contributed by atoms with Crippen molar-refractivity contribution >= 4 is 27.5 Å². The number of para-hydroxylation sites is 2. The van der Waals surface area contributed by atoms with Gasteiger partial charge in [0.2, 0.25) is 11.8 Å². The summed E-state index contributed by atoms with van der Waals surface area (Å²) < 4.78 is 34.8. The maximum Gasteiger partial charge on any atom is 0.264 e. The molecule has 3 aromatic carbocycles. The zero-order valence-electron chi connectivity index (χ0n) is 23.6. The predicted octanol–water partition coefficient (Wildman–Crippen LogP) is 4.66. The molecule has 0 bridgehead atoms. The Bertz CT molecular complexity index is 1350. The average molecular weight is 566 g/mol. The van der Waals surface area contributed by atoms with Crippen molar-refractivity contribution < 1.29 is 22.7 Å². The van der Waals surface area contributed by atoms with Gasteiger partial charge in [-0.2, -0.15) is 0 Å². The van der Waals surface area contributed by atoms with Gasteiger partial charge in [-0.1, -0.05) is 67.6 Å². The number of sulfonamides is 1. The molecule has 0 aromatic heterocycles. The topological polar surface area (TPSA) is 96.0 Å². The van der Waals surface area contributed by atoms with E-state index < -0.39 is 28.5 Å². The number of benzene rings is 3. The van der Waals surface area contributed by atoms with Crippen LogP contribution in [0.2, 0.25) is 0 Å². The molecular weight excluding hydrogens is 526 g/mol. The number of hydrogen-bond acceptors (Lipinski definition) is 5. The molecule has 1 atom stereocenters. The summed E-state index contributed by atoms with van der Waals surface area (Å²) in [5.74, 6) is -0.406. The van der Waals surface area contributed by atoms with E-state index in [9.17, 15) is 18.0 Å². The fraction of sp³-hybridized carbons (Fsp3) is 0.355. The fourth-order valence-corrected chi connectivity index (χ4v) is 5.90. The van der Waals surface area contributed by atoms with Gasteiger partial charge in [-0.3, -0.25) is 13.9 Å². The van der Waals surface area contributed by atoms with E-state index in [0.717, 1.165) is 9.87 Å². The van der Waals surface area contributed by atoms with E-state index in [1.165, 1.54) is 17.0 Å². The van der Waals surface area contributed by atoms with Gasteiger partial charge in [0, 0.05) is 12.6 Å². The lowest BCUT2D eigenvalue weighted by Crippen LogP contribution is -2.54. The molecule has 40 heavy (non-hydrogen) atoms. The Morgan fingerprint density at radius 1 is 0.875 bits per heavy atom. The second-order valence-electron chi connectivity index (χ2n) is 9.64. The SMILES string of the molecule is CCOc1ccccc1N(CC(=O)N(CCc1ccccc1)C(CC)C(=O)NC(C)C)S(=O)(=O)c1ccccc1. The van der Waals surface area contributed by atoms with Gasteiger partial charge in [0.15, 0.2) is 0 Å². The highest BCUT2D eigenvalue weighted by Crippen LogP contribution is 2.32. The number of anilines is 1. The summed E-state index contributed by atoms with van der Waals surface area (Å²) in [5.41, 5.74) is 1.26. The van der Waals surface area contributed by atoms with Gasteiger partial charge in [0.05, 0.1) is 17.2 Å². The highest BCUT2D eigenvalue weighted by molar-refractivity contribution is 7.92. The van der Waals surface area contributed by atoms with E-state index in [1.807, 2.05) is 58.0 Å². The van der Waals surface area contributed by atoms with Crippen LogP contribution in [0, 0.1) is 0 Å². The number of ether oxygens (including phenoxy) is 1. The van der Waals surface area contributed by atoms with E-state index >= 15 is 0 Å². The first kappa shape index (κ1) is 30.7. The summed E-state index contributed by atoms with van der Waals surface area (Å²) in [6, 6.07) is 23.5. The van der Waals surface area contributed by atoms with Crippen LogP contribution in [0.3, 0.4) is 0 Å². The molecule has 0 heterocycles. The quantitative estimate of drug-likeness (QED) is 0.307. The third kappa shape index (κ3) is 7.85. The molecule has 0 fully saturated rings. The van der Waals surface area contributed by atoms with Crippen molar-refractivity contribution in [2.45, 2.75) is 57.5 Å². The minimum Gasteiger partial charge on any atom is -0.492 e. The minimum atomic E-state index is -4.16. The first-order chi connectivity index (χ1) is 19.2. The Morgan fingerprint density at radius 3 is 2.08 bits per heavy atom. The molecule has 1 unspecified atom stereocenters. The molecular formula is C31H39N3O5S. The molecule has 214 valence electrons. The Kier molecular flexibility index (Phi) is 11.1. The molecule has 1 N–H and O–H groups in total. The van der Waals surface area contributed by atoms with Gasteiger partial charge in [-0.25, -0.2) is 8.42 Å². The molecule has 0 aliphatic rings. The van der Waals surface area contributed by atoms with Crippen LogP contribution < -0.4 is 14.4 Å². The number of nitrogens with one attached hydrogen (secondary N) is 1. The third-order valence-corrected chi connectivity index (χ3v) is 8.12. The second-order valence-corrected chi connectivity index (χ2v) is 11.5. The highest BCUT2D eigenvalue weighted by Gasteiger charge is 2.34. The van der Waals surface area contributed by atoms with Crippen LogP contribution in [-0.4, -0.2) is 56.9 Å². The maximum atomic E-state index is 14.1. The van der Waals surface area contributed by atoms with E-state index in [4.69, 9.17) is 4.74 Å². The largest absolute Gasteiger partial charge is 0.492 e. The van der Waals surface area contributed by atoms with Crippen LogP contribution >= 0.6 is 0 Å². The minimum absolute atomic E-state index is 0.0505. The van der Waals surface area contributed by atoms with Crippen LogP contribution in [0.4, 0.5) is 5.69 Å². The molecule has 3 aromatic rings. The number of carbonyl (C=O) groups excluding carboxylic acids is 2. The highest BCUT2D eigenvalue weighted by atomic mass is 32.2. The maximum absolute atomic E-state index is 14.1. The lowest BCUT2D eigenvalue weighted by molar-refractivity contribution is -0.139.